The van der Waals surface area contributed by atoms with Crippen LogP contribution in [0.15, 0.2) is 84.5 Å². The second-order valence-electron chi connectivity index (χ2n) is 6.49. The van der Waals surface area contributed by atoms with E-state index < -0.39 is 10.0 Å². The number of benzene rings is 2. The molecule has 0 amide bonds. The van der Waals surface area contributed by atoms with Crippen molar-refractivity contribution in [3.05, 3.63) is 95.7 Å². The summed E-state index contributed by atoms with van der Waals surface area (Å²) in [6.45, 7) is 2.01. The van der Waals surface area contributed by atoms with Gasteiger partial charge in [-0.1, -0.05) is 48.5 Å². The monoisotopic (exact) mass is 389 g/mol. The number of fused-ring (bicyclic) bond motifs is 1. The number of hydrogen-bond acceptors (Lipinski definition) is 3. The maximum absolute atomic E-state index is 12.4. The van der Waals surface area contributed by atoms with Crippen LogP contribution >= 0.6 is 0 Å². The highest BCUT2D eigenvalue weighted by atomic mass is 32.2. The number of anilines is 1. The Balaban J connectivity index is 1.59. The zero-order chi connectivity index (χ0) is 19.6. The zero-order valence-corrected chi connectivity index (χ0v) is 16.1. The van der Waals surface area contributed by atoms with Crippen molar-refractivity contribution in [1.29, 1.82) is 0 Å². The van der Waals surface area contributed by atoms with Gasteiger partial charge in [0.15, 0.2) is 0 Å². The van der Waals surface area contributed by atoms with Gasteiger partial charge in [0.2, 0.25) is 0 Å². The van der Waals surface area contributed by atoms with Gasteiger partial charge in [-0.15, -0.1) is 0 Å². The fraction of sp³-hybridized carbons (Fsp3) is 0.0455. The second-order valence-corrected chi connectivity index (χ2v) is 8.06. The molecule has 0 saturated carbocycles. The van der Waals surface area contributed by atoms with E-state index in [1.807, 2.05) is 78.3 Å². The Morgan fingerprint density at radius 2 is 1.82 bits per heavy atom. The fourth-order valence-corrected chi connectivity index (χ4v) is 3.83. The molecule has 140 valence electrons. The standard InChI is InChI=1S/C22H19N3O2S/c1-17-7-6-13-25-16-21(23-22(17)25)19-10-5-11-20(15-19)24-28(26,27)14-12-18-8-3-2-4-9-18/h2-16,24H,1H3/b14-12+. The summed E-state index contributed by atoms with van der Waals surface area (Å²) in [4.78, 5) is 4.67. The molecule has 0 unspecified atom stereocenters. The summed E-state index contributed by atoms with van der Waals surface area (Å²) >= 11 is 0. The Morgan fingerprint density at radius 3 is 2.61 bits per heavy atom. The molecule has 0 atom stereocenters. The molecule has 5 nitrogen and oxygen atoms in total. The van der Waals surface area contributed by atoms with Crippen LogP contribution in [0.2, 0.25) is 0 Å². The van der Waals surface area contributed by atoms with Gasteiger partial charge in [0.05, 0.1) is 11.1 Å². The van der Waals surface area contributed by atoms with Crippen molar-refractivity contribution >= 4 is 27.4 Å². The molecule has 0 saturated heterocycles. The van der Waals surface area contributed by atoms with E-state index in [0.717, 1.165) is 28.0 Å². The Hall–Kier alpha value is -3.38. The normalized spacial score (nSPS) is 11.9. The summed E-state index contributed by atoms with van der Waals surface area (Å²) in [5.41, 5.74) is 4.90. The SMILES string of the molecule is Cc1cccn2cc(-c3cccc(NS(=O)(=O)/C=C/c4ccccc4)c3)nc12. The third-order valence-electron chi connectivity index (χ3n) is 4.34. The first-order valence-electron chi connectivity index (χ1n) is 8.81. The van der Waals surface area contributed by atoms with Crippen molar-refractivity contribution in [3.8, 4) is 11.3 Å². The smallest absolute Gasteiger partial charge is 0.255 e. The summed E-state index contributed by atoms with van der Waals surface area (Å²) in [5.74, 6) is 0. The van der Waals surface area contributed by atoms with Gasteiger partial charge in [-0.2, -0.15) is 0 Å². The van der Waals surface area contributed by atoms with E-state index in [9.17, 15) is 8.42 Å². The molecule has 0 aliphatic heterocycles. The van der Waals surface area contributed by atoms with Gasteiger partial charge in [-0.3, -0.25) is 4.72 Å². The van der Waals surface area contributed by atoms with Gasteiger partial charge in [-0.05, 0) is 42.3 Å². The average Bonchev–Trinajstić information content (AvgIpc) is 3.13. The van der Waals surface area contributed by atoms with E-state index in [1.54, 1.807) is 18.2 Å². The number of imidazole rings is 1. The summed E-state index contributed by atoms with van der Waals surface area (Å²) in [6.07, 6.45) is 5.45. The predicted octanol–water partition coefficient (Wildman–Crippen LogP) is 4.72. The summed E-state index contributed by atoms with van der Waals surface area (Å²) in [6, 6.07) is 20.5. The van der Waals surface area contributed by atoms with Gasteiger partial charge in [0, 0.05) is 23.6 Å². The third-order valence-corrected chi connectivity index (χ3v) is 5.35. The number of rotatable bonds is 5. The topological polar surface area (TPSA) is 63.5 Å². The molecule has 0 radical (unpaired) electrons. The van der Waals surface area contributed by atoms with Gasteiger partial charge in [-0.25, -0.2) is 13.4 Å². The Labute approximate surface area is 164 Å². The van der Waals surface area contributed by atoms with Crippen molar-refractivity contribution < 1.29 is 8.42 Å². The maximum atomic E-state index is 12.4. The van der Waals surface area contributed by atoms with E-state index in [-0.39, 0.29) is 0 Å². The Morgan fingerprint density at radius 1 is 1.00 bits per heavy atom. The van der Waals surface area contributed by atoms with Crippen molar-refractivity contribution in [2.24, 2.45) is 0 Å². The molecule has 4 aromatic rings. The number of nitrogens with zero attached hydrogens (tertiary/aromatic N) is 2. The van der Waals surface area contributed by atoms with Crippen LogP contribution < -0.4 is 4.72 Å². The third kappa shape index (κ3) is 3.97. The van der Waals surface area contributed by atoms with Gasteiger partial charge in [0.1, 0.15) is 5.65 Å². The minimum absolute atomic E-state index is 0.490. The number of sulfonamides is 1. The van der Waals surface area contributed by atoms with E-state index in [4.69, 9.17) is 0 Å². The lowest BCUT2D eigenvalue weighted by Gasteiger charge is -2.06. The van der Waals surface area contributed by atoms with E-state index >= 15 is 0 Å². The summed E-state index contributed by atoms with van der Waals surface area (Å²) in [7, 11) is -3.62. The first-order chi connectivity index (χ1) is 13.5. The minimum Gasteiger partial charge on any atom is -0.306 e. The molecule has 0 spiro atoms. The van der Waals surface area contributed by atoms with E-state index in [1.165, 1.54) is 5.41 Å². The molecule has 28 heavy (non-hydrogen) atoms. The number of hydrogen-bond donors (Lipinski definition) is 1. The summed E-state index contributed by atoms with van der Waals surface area (Å²) in [5, 5.41) is 1.17. The van der Waals surface area contributed by atoms with Crippen LogP contribution in [0.4, 0.5) is 5.69 Å². The molecule has 2 heterocycles. The molecule has 4 rings (SSSR count). The van der Waals surface area contributed by atoms with E-state index in [0.29, 0.717) is 5.69 Å². The highest BCUT2D eigenvalue weighted by Crippen LogP contribution is 2.24. The fourth-order valence-electron chi connectivity index (χ4n) is 2.97. The Kier molecular flexibility index (Phi) is 4.71. The number of pyridine rings is 1. The number of nitrogens with one attached hydrogen (secondary N) is 1. The lowest BCUT2D eigenvalue weighted by molar-refractivity contribution is 0.609. The lowest BCUT2D eigenvalue weighted by Crippen LogP contribution is -2.08. The van der Waals surface area contributed by atoms with Crippen molar-refractivity contribution in [3.63, 3.8) is 0 Å². The van der Waals surface area contributed by atoms with E-state index in [2.05, 4.69) is 9.71 Å². The molecule has 0 aliphatic carbocycles. The summed E-state index contributed by atoms with van der Waals surface area (Å²) < 4.78 is 29.3. The number of aromatic nitrogens is 2. The van der Waals surface area contributed by atoms with Gasteiger partial charge < -0.3 is 4.40 Å². The molecule has 0 bridgehead atoms. The van der Waals surface area contributed by atoms with Crippen LogP contribution in [0.1, 0.15) is 11.1 Å². The quantitative estimate of drug-likeness (QED) is 0.537. The van der Waals surface area contributed by atoms with Crippen molar-refractivity contribution in [2.75, 3.05) is 4.72 Å². The first kappa shape index (κ1) is 18.0. The van der Waals surface area contributed by atoms with Gasteiger partial charge in [0.25, 0.3) is 10.0 Å². The molecular weight excluding hydrogens is 370 g/mol. The number of aryl methyl sites for hydroxylation is 1. The lowest BCUT2D eigenvalue weighted by atomic mass is 10.1. The molecule has 2 aromatic carbocycles. The van der Waals surface area contributed by atoms with Crippen LogP contribution in [0, 0.1) is 6.92 Å². The van der Waals surface area contributed by atoms with Crippen LogP contribution in [0.25, 0.3) is 23.0 Å². The van der Waals surface area contributed by atoms with Crippen LogP contribution in [-0.4, -0.2) is 17.8 Å². The maximum Gasteiger partial charge on any atom is 0.255 e. The largest absolute Gasteiger partial charge is 0.306 e. The zero-order valence-electron chi connectivity index (χ0n) is 15.3. The van der Waals surface area contributed by atoms with Crippen molar-refractivity contribution in [2.45, 2.75) is 6.92 Å². The van der Waals surface area contributed by atoms with Gasteiger partial charge >= 0.3 is 0 Å². The van der Waals surface area contributed by atoms with Crippen LogP contribution in [0.5, 0.6) is 0 Å². The molecule has 0 aliphatic rings. The predicted molar refractivity (Wildman–Crippen MR) is 113 cm³/mol. The molecule has 0 fully saturated rings. The Bertz CT molecular complexity index is 1260. The highest BCUT2D eigenvalue weighted by molar-refractivity contribution is 7.95. The van der Waals surface area contributed by atoms with Crippen LogP contribution in [0.3, 0.4) is 0 Å². The molecule has 6 heteroatoms. The molecular formula is C22H19N3O2S. The average molecular weight is 389 g/mol. The van der Waals surface area contributed by atoms with Crippen LogP contribution in [-0.2, 0) is 10.0 Å². The molecule has 2 aromatic heterocycles. The highest BCUT2D eigenvalue weighted by Gasteiger charge is 2.09. The van der Waals surface area contributed by atoms with Crippen molar-refractivity contribution in [1.82, 2.24) is 9.38 Å². The first-order valence-corrected chi connectivity index (χ1v) is 10.4. The second kappa shape index (κ2) is 7.32. The minimum atomic E-state index is -3.62. The molecule has 1 N–H and O–H groups in total.